The van der Waals surface area contributed by atoms with E-state index in [9.17, 15) is 13.2 Å². The normalized spacial score (nSPS) is 19.1. The summed E-state index contributed by atoms with van der Waals surface area (Å²) in [6.07, 6.45) is 4.17. The molecule has 180 valence electrons. The highest BCUT2D eigenvalue weighted by Gasteiger charge is 2.27. The summed E-state index contributed by atoms with van der Waals surface area (Å²) in [5.41, 5.74) is 0.722. The lowest BCUT2D eigenvalue weighted by Gasteiger charge is -2.30. The molecule has 2 aliphatic heterocycles. The summed E-state index contributed by atoms with van der Waals surface area (Å²) in [5.74, 6) is 1.39. The summed E-state index contributed by atoms with van der Waals surface area (Å²) >= 11 is 0. The molecule has 0 bridgehead atoms. The first-order chi connectivity index (χ1) is 15.4. The number of nitrogens with zero attached hydrogens (tertiary/aromatic N) is 2. The lowest BCUT2D eigenvalue weighted by molar-refractivity contribution is -0.121. The van der Waals surface area contributed by atoms with Crippen molar-refractivity contribution in [2.24, 2.45) is 5.92 Å². The van der Waals surface area contributed by atoms with E-state index >= 15 is 0 Å². The van der Waals surface area contributed by atoms with Crippen LogP contribution in [0.3, 0.4) is 0 Å². The topological polar surface area (TPSA) is 88.2 Å². The molecule has 1 amide bonds. The van der Waals surface area contributed by atoms with Gasteiger partial charge in [-0.2, -0.15) is 4.31 Å². The molecule has 0 spiro atoms. The summed E-state index contributed by atoms with van der Waals surface area (Å²) in [6.45, 7) is 7.79. The van der Waals surface area contributed by atoms with Crippen molar-refractivity contribution < 1.29 is 22.7 Å². The van der Waals surface area contributed by atoms with Crippen LogP contribution in [0.25, 0.3) is 0 Å². The van der Waals surface area contributed by atoms with Crippen LogP contribution in [-0.2, 0) is 26.0 Å². The van der Waals surface area contributed by atoms with Crippen molar-refractivity contribution in [1.29, 1.82) is 0 Å². The molecule has 2 fully saturated rings. The summed E-state index contributed by atoms with van der Waals surface area (Å²) in [4.78, 5) is 15.0. The van der Waals surface area contributed by atoms with E-state index in [0.29, 0.717) is 51.4 Å². The van der Waals surface area contributed by atoms with E-state index in [2.05, 4.69) is 17.1 Å². The summed E-state index contributed by atoms with van der Waals surface area (Å²) < 4.78 is 38.0. The van der Waals surface area contributed by atoms with E-state index in [1.54, 1.807) is 25.3 Å². The van der Waals surface area contributed by atoms with Gasteiger partial charge in [0.15, 0.2) is 0 Å². The second-order valence-corrected chi connectivity index (χ2v) is 10.7. The first-order valence-electron chi connectivity index (χ1n) is 11.6. The van der Waals surface area contributed by atoms with Gasteiger partial charge in [-0.05, 0) is 75.0 Å². The van der Waals surface area contributed by atoms with Crippen LogP contribution in [0, 0.1) is 5.92 Å². The standard InChI is InChI=1S/C23H37N3O5S/c1-19-8-12-25(13-9-19)11-3-10-24-23(27)7-4-20-18-21(5-6-22(20)30-2)32(28,29)26-14-16-31-17-15-26/h5-6,18-19H,3-4,7-17H2,1-2H3,(H,24,27). The predicted octanol–water partition coefficient (Wildman–Crippen LogP) is 1.89. The third-order valence-electron chi connectivity index (χ3n) is 6.33. The zero-order chi connectivity index (χ0) is 23.0. The van der Waals surface area contributed by atoms with Crippen molar-refractivity contribution in [2.75, 3.05) is 59.6 Å². The molecule has 8 nitrogen and oxygen atoms in total. The van der Waals surface area contributed by atoms with Gasteiger partial charge in [0.2, 0.25) is 15.9 Å². The van der Waals surface area contributed by atoms with Gasteiger partial charge in [0.05, 0.1) is 25.2 Å². The average Bonchev–Trinajstić information content (AvgIpc) is 2.82. The number of carbonyl (C=O) groups is 1. The third-order valence-corrected chi connectivity index (χ3v) is 8.23. The Morgan fingerprint density at radius 1 is 1.19 bits per heavy atom. The van der Waals surface area contributed by atoms with Gasteiger partial charge in [-0.15, -0.1) is 0 Å². The zero-order valence-corrected chi connectivity index (χ0v) is 20.2. The number of benzene rings is 1. The fourth-order valence-electron chi connectivity index (χ4n) is 4.20. The van der Waals surface area contributed by atoms with Gasteiger partial charge in [0, 0.05) is 26.1 Å². The fourth-order valence-corrected chi connectivity index (χ4v) is 5.66. The lowest BCUT2D eigenvalue weighted by atomic mass is 9.99. The van der Waals surface area contributed by atoms with Crippen LogP contribution in [0.5, 0.6) is 5.75 Å². The molecule has 0 radical (unpaired) electrons. The lowest BCUT2D eigenvalue weighted by Crippen LogP contribution is -2.40. The first kappa shape index (κ1) is 25.0. The maximum absolute atomic E-state index is 12.9. The second kappa shape index (κ2) is 12.0. The SMILES string of the molecule is COc1ccc(S(=O)(=O)N2CCOCC2)cc1CCC(=O)NCCCN1CCC(C)CC1. The highest BCUT2D eigenvalue weighted by atomic mass is 32.2. The number of ether oxygens (including phenoxy) is 2. The van der Waals surface area contributed by atoms with Crippen molar-refractivity contribution in [1.82, 2.24) is 14.5 Å². The van der Waals surface area contributed by atoms with Crippen LogP contribution < -0.4 is 10.1 Å². The number of methoxy groups -OCH3 is 1. The maximum atomic E-state index is 12.9. The number of hydrogen-bond donors (Lipinski definition) is 1. The van der Waals surface area contributed by atoms with Gasteiger partial charge in [0.25, 0.3) is 0 Å². The van der Waals surface area contributed by atoms with Crippen LogP contribution in [0.4, 0.5) is 0 Å². The number of nitrogens with one attached hydrogen (secondary N) is 1. The van der Waals surface area contributed by atoms with Gasteiger partial charge < -0.3 is 19.7 Å². The van der Waals surface area contributed by atoms with E-state index in [1.165, 1.54) is 17.1 Å². The molecule has 3 rings (SSSR count). The smallest absolute Gasteiger partial charge is 0.243 e. The second-order valence-electron chi connectivity index (χ2n) is 8.72. The number of piperidine rings is 1. The molecule has 0 aromatic heterocycles. The Balaban J connectivity index is 1.49. The van der Waals surface area contributed by atoms with Crippen LogP contribution in [0.1, 0.15) is 38.2 Å². The molecule has 0 unspecified atom stereocenters. The number of carbonyl (C=O) groups excluding carboxylic acids is 1. The minimum Gasteiger partial charge on any atom is -0.496 e. The Morgan fingerprint density at radius 3 is 2.59 bits per heavy atom. The molecule has 1 aromatic rings. The Morgan fingerprint density at radius 2 is 1.91 bits per heavy atom. The van der Waals surface area contributed by atoms with Gasteiger partial charge in [-0.1, -0.05) is 6.92 Å². The molecule has 0 saturated carbocycles. The first-order valence-corrected chi connectivity index (χ1v) is 13.1. The molecule has 9 heteroatoms. The number of rotatable bonds is 10. The van der Waals surface area contributed by atoms with E-state index in [1.807, 2.05) is 0 Å². The Hall–Kier alpha value is -1.68. The number of sulfonamides is 1. The molecule has 1 aromatic carbocycles. The van der Waals surface area contributed by atoms with Crippen molar-refractivity contribution in [3.8, 4) is 5.75 Å². The van der Waals surface area contributed by atoms with Crippen molar-refractivity contribution >= 4 is 15.9 Å². The molecular weight excluding hydrogens is 430 g/mol. The molecule has 2 saturated heterocycles. The number of aryl methyl sites for hydroxylation is 1. The summed E-state index contributed by atoms with van der Waals surface area (Å²) in [7, 11) is -2.04. The van der Waals surface area contributed by atoms with E-state index in [-0.39, 0.29) is 10.8 Å². The van der Waals surface area contributed by atoms with Crippen molar-refractivity contribution in [3.63, 3.8) is 0 Å². The Kier molecular flexibility index (Phi) is 9.34. The minimum atomic E-state index is -3.59. The molecule has 1 N–H and O–H groups in total. The Labute approximate surface area is 192 Å². The molecular formula is C23H37N3O5S. The summed E-state index contributed by atoms with van der Waals surface area (Å²) in [5, 5.41) is 2.99. The van der Waals surface area contributed by atoms with Crippen LogP contribution in [-0.4, -0.2) is 83.1 Å². The number of likely N-dealkylation sites (tertiary alicyclic amines) is 1. The van der Waals surface area contributed by atoms with Crippen LogP contribution in [0.2, 0.25) is 0 Å². The number of amides is 1. The molecule has 2 heterocycles. The van der Waals surface area contributed by atoms with Gasteiger partial charge in [-0.25, -0.2) is 8.42 Å². The van der Waals surface area contributed by atoms with Crippen LogP contribution >= 0.6 is 0 Å². The van der Waals surface area contributed by atoms with Gasteiger partial charge in [-0.3, -0.25) is 4.79 Å². The predicted molar refractivity (Wildman–Crippen MR) is 123 cm³/mol. The highest BCUT2D eigenvalue weighted by Crippen LogP contribution is 2.26. The molecule has 0 aliphatic carbocycles. The highest BCUT2D eigenvalue weighted by molar-refractivity contribution is 7.89. The maximum Gasteiger partial charge on any atom is 0.243 e. The van der Waals surface area contributed by atoms with Gasteiger partial charge in [0.1, 0.15) is 5.75 Å². The van der Waals surface area contributed by atoms with E-state index in [0.717, 1.165) is 37.5 Å². The third kappa shape index (κ3) is 6.91. The van der Waals surface area contributed by atoms with Crippen molar-refractivity contribution in [2.45, 2.75) is 43.9 Å². The van der Waals surface area contributed by atoms with Crippen LogP contribution in [0.15, 0.2) is 23.1 Å². The average molecular weight is 468 g/mol. The van der Waals surface area contributed by atoms with E-state index in [4.69, 9.17) is 9.47 Å². The van der Waals surface area contributed by atoms with E-state index < -0.39 is 10.0 Å². The molecule has 32 heavy (non-hydrogen) atoms. The fraction of sp³-hybridized carbons (Fsp3) is 0.696. The Bertz CT molecular complexity index is 847. The largest absolute Gasteiger partial charge is 0.496 e. The van der Waals surface area contributed by atoms with Gasteiger partial charge >= 0.3 is 0 Å². The monoisotopic (exact) mass is 467 g/mol. The number of hydrogen-bond acceptors (Lipinski definition) is 6. The minimum absolute atomic E-state index is 0.0271. The molecule has 2 aliphatic rings. The van der Waals surface area contributed by atoms with Crippen molar-refractivity contribution in [3.05, 3.63) is 23.8 Å². The molecule has 0 atom stereocenters. The quantitative estimate of drug-likeness (QED) is 0.529. The number of morpholine rings is 1. The summed E-state index contributed by atoms with van der Waals surface area (Å²) in [6, 6.07) is 4.86. The zero-order valence-electron chi connectivity index (χ0n) is 19.3.